The Morgan fingerprint density at radius 3 is 2.74 bits per heavy atom. The molecule has 2 saturated heterocycles. The van der Waals surface area contributed by atoms with E-state index in [1.165, 1.54) is 0 Å². The number of para-hydroxylation sites is 1. The van der Waals surface area contributed by atoms with Crippen molar-refractivity contribution in [1.82, 2.24) is 20.0 Å². The van der Waals surface area contributed by atoms with Gasteiger partial charge >= 0.3 is 6.03 Å². The molecule has 1 aromatic carbocycles. The Bertz CT molecular complexity index is 925. The van der Waals surface area contributed by atoms with Gasteiger partial charge in [0.05, 0.1) is 29.4 Å². The minimum atomic E-state index is -2.95. The van der Waals surface area contributed by atoms with Crippen LogP contribution in [-0.2, 0) is 16.4 Å². The predicted molar refractivity (Wildman–Crippen MR) is 102 cm³/mol. The summed E-state index contributed by atoms with van der Waals surface area (Å²) in [6.45, 7) is 1.54. The highest BCUT2D eigenvalue weighted by atomic mass is 32.2. The van der Waals surface area contributed by atoms with Crippen molar-refractivity contribution in [2.45, 2.75) is 25.8 Å². The van der Waals surface area contributed by atoms with Crippen LogP contribution in [0.25, 0.3) is 5.69 Å². The van der Waals surface area contributed by atoms with E-state index in [0.717, 1.165) is 24.2 Å². The zero-order valence-electron chi connectivity index (χ0n) is 15.2. The summed E-state index contributed by atoms with van der Waals surface area (Å²) in [5.74, 6) is 0.463. The number of amides is 2. The van der Waals surface area contributed by atoms with Gasteiger partial charge < -0.3 is 10.2 Å². The summed E-state index contributed by atoms with van der Waals surface area (Å²) < 4.78 is 25.5. The van der Waals surface area contributed by atoms with Crippen LogP contribution in [0.4, 0.5) is 4.79 Å². The van der Waals surface area contributed by atoms with Gasteiger partial charge in [0.2, 0.25) is 0 Å². The molecule has 7 nitrogen and oxygen atoms in total. The quantitative estimate of drug-likeness (QED) is 0.871. The van der Waals surface area contributed by atoms with Crippen molar-refractivity contribution in [3.63, 3.8) is 0 Å². The monoisotopic (exact) mass is 388 g/mol. The Morgan fingerprint density at radius 1 is 1.19 bits per heavy atom. The largest absolute Gasteiger partial charge is 0.332 e. The third-order valence-electron chi connectivity index (χ3n) is 5.50. The van der Waals surface area contributed by atoms with E-state index in [2.05, 4.69) is 10.4 Å². The molecule has 0 saturated carbocycles. The van der Waals surface area contributed by atoms with Gasteiger partial charge in [0.25, 0.3) is 0 Å². The number of benzene rings is 1. The third-order valence-corrected chi connectivity index (χ3v) is 7.38. The molecule has 2 aromatic rings. The van der Waals surface area contributed by atoms with E-state index in [0.29, 0.717) is 26.1 Å². The number of piperidine rings is 1. The van der Waals surface area contributed by atoms with Crippen molar-refractivity contribution in [2.24, 2.45) is 5.41 Å². The van der Waals surface area contributed by atoms with Crippen molar-refractivity contribution in [3.05, 3.63) is 48.3 Å². The molecule has 2 fully saturated rings. The topological polar surface area (TPSA) is 84.3 Å². The molecular weight excluding hydrogens is 364 g/mol. The second-order valence-electron chi connectivity index (χ2n) is 7.61. The fourth-order valence-electron chi connectivity index (χ4n) is 4.14. The molecule has 1 atom stereocenters. The zero-order chi connectivity index (χ0) is 18.9. The van der Waals surface area contributed by atoms with Gasteiger partial charge in [-0.15, -0.1) is 0 Å². The van der Waals surface area contributed by atoms with Crippen LogP contribution in [-0.4, -0.2) is 53.7 Å². The van der Waals surface area contributed by atoms with Crippen LogP contribution in [0.2, 0.25) is 0 Å². The summed E-state index contributed by atoms with van der Waals surface area (Å²) in [7, 11) is -2.95. The number of sulfone groups is 1. The van der Waals surface area contributed by atoms with E-state index in [9.17, 15) is 13.2 Å². The Labute approximate surface area is 159 Å². The number of rotatable bonds is 3. The normalized spacial score (nSPS) is 24.2. The van der Waals surface area contributed by atoms with Gasteiger partial charge in [0, 0.05) is 24.7 Å². The SMILES string of the molecule is O=C(NCc1ccn(-c2ccccc2)n1)N1CCCC2(CCS(=O)(=O)C2)C1. The van der Waals surface area contributed by atoms with Gasteiger partial charge in [-0.3, -0.25) is 0 Å². The standard InChI is InChI=1S/C19H24N4O3S/c24-18(22-10-4-8-19(14-22)9-12-27(25,26)15-19)20-13-16-7-11-23(21-16)17-5-2-1-3-6-17/h1-3,5-7,11H,4,8-10,12-15H2,(H,20,24). The second-order valence-corrected chi connectivity index (χ2v) is 9.80. The first kappa shape index (κ1) is 18.0. The van der Waals surface area contributed by atoms with Crippen molar-refractivity contribution in [2.75, 3.05) is 24.6 Å². The van der Waals surface area contributed by atoms with E-state index in [-0.39, 0.29) is 23.0 Å². The average molecular weight is 388 g/mol. The fraction of sp³-hybridized carbons (Fsp3) is 0.474. The van der Waals surface area contributed by atoms with Gasteiger partial charge in [-0.05, 0) is 37.5 Å². The smallest absolute Gasteiger partial charge is 0.317 e. The van der Waals surface area contributed by atoms with Crippen LogP contribution < -0.4 is 5.32 Å². The lowest BCUT2D eigenvalue weighted by atomic mass is 9.80. The molecule has 4 rings (SSSR count). The highest BCUT2D eigenvalue weighted by Crippen LogP contribution is 2.40. The first-order chi connectivity index (χ1) is 12.9. The van der Waals surface area contributed by atoms with Crippen LogP contribution in [0.5, 0.6) is 0 Å². The molecule has 2 aliphatic rings. The lowest BCUT2D eigenvalue weighted by Crippen LogP contribution is -2.50. The minimum absolute atomic E-state index is 0.146. The number of hydrogen-bond donors (Lipinski definition) is 1. The maximum Gasteiger partial charge on any atom is 0.317 e. The molecule has 27 heavy (non-hydrogen) atoms. The zero-order valence-corrected chi connectivity index (χ0v) is 16.0. The van der Waals surface area contributed by atoms with Crippen LogP contribution in [0, 0.1) is 5.41 Å². The molecule has 1 N–H and O–H groups in total. The van der Waals surface area contributed by atoms with Crippen LogP contribution in [0.1, 0.15) is 25.0 Å². The molecule has 1 aromatic heterocycles. The highest BCUT2D eigenvalue weighted by molar-refractivity contribution is 7.91. The lowest BCUT2D eigenvalue weighted by molar-refractivity contribution is 0.121. The van der Waals surface area contributed by atoms with Gasteiger partial charge in [-0.25, -0.2) is 17.9 Å². The minimum Gasteiger partial charge on any atom is -0.332 e. The molecule has 144 valence electrons. The highest BCUT2D eigenvalue weighted by Gasteiger charge is 2.45. The number of nitrogens with one attached hydrogen (secondary N) is 1. The first-order valence-electron chi connectivity index (χ1n) is 9.28. The van der Waals surface area contributed by atoms with Crippen molar-refractivity contribution in [3.8, 4) is 5.69 Å². The first-order valence-corrected chi connectivity index (χ1v) is 11.1. The summed E-state index contributed by atoms with van der Waals surface area (Å²) >= 11 is 0. The van der Waals surface area contributed by atoms with E-state index in [1.54, 1.807) is 9.58 Å². The summed E-state index contributed by atoms with van der Waals surface area (Å²) in [6.07, 6.45) is 4.28. The van der Waals surface area contributed by atoms with Gasteiger partial charge in [-0.2, -0.15) is 5.10 Å². The van der Waals surface area contributed by atoms with Crippen LogP contribution in [0.15, 0.2) is 42.6 Å². The van der Waals surface area contributed by atoms with E-state index < -0.39 is 9.84 Å². The van der Waals surface area contributed by atoms with E-state index in [4.69, 9.17) is 0 Å². The fourth-order valence-corrected chi connectivity index (χ4v) is 6.35. The number of carbonyl (C=O) groups is 1. The molecule has 0 bridgehead atoms. The molecule has 0 aliphatic carbocycles. The predicted octanol–water partition coefficient (Wildman–Crippen LogP) is 1.98. The lowest BCUT2D eigenvalue weighted by Gasteiger charge is -2.39. The van der Waals surface area contributed by atoms with Crippen molar-refractivity contribution >= 4 is 15.9 Å². The number of likely N-dealkylation sites (tertiary alicyclic amines) is 1. The third kappa shape index (κ3) is 4.00. The van der Waals surface area contributed by atoms with E-state index in [1.807, 2.05) is 42.6 Å². The Morgan fingerprint density at radius 2 is 2.00 bits per heavy atom. The molecule has 2 amide bonds. The number of urea groups is 1. The van der Waals surface area contributed by atoms with Crippen molar-refractivity contribution in [1.29, 1.82) is 0 Å². The molecule has 1 spiro atoms. The van der Waals surface area contributed by atoms with E-state index >= 15 is 0 Å². The molecule has 1 unspecified atom stereocenters. The van der Waals surface area contributed by atoms with Crippen LogP contribution in [0.3, 0.4) is 0 Å². The number of aromatic nitrogens is 2. The van der Waals surface area contributed by atoms with Gasteiger partial charge in [0.1, 0.15) is 0 Å². The number of nitrogens with zero attached hydrogens (tertiary/aromatic N) is 3. The maximum absolute atomic E-state index is 12.6. The second kappa shape index (κ2) is 6.99. The van der Waals surface area contributed by atoms with Crippen LogP contribution >= 0.6 is 0 Å². The molecule has 8 heteroatoms. The average Bonchev–Trinajstić information content (AvgIpc) is 3.25. The molecule has 3 heterocycles. The molecule has 2 aliphatic heterocycles. The van der Waals surface area contributed by atoms with Gasteiger partial charge in [0.15, 0.2) is 9.84 Å². The van der Waals surface area contributed by atoms with Crippen molar-refractivity contribution < 1.29 is 13.2 Å². The molecular formula is C19H24N4O3S. The number of carbonyl (C=O) groups excluding carboxylic acids is 1. The summed E-state index contributed by atoms with van der Waals surface area (Å²) in [5, 5.41) is 7.41. The Kier molecular flexibility index (Phi) is 4.67. The Balaban J connectivity index is 1.35. The maximum atomic E-state index is 12.6. The molecule has 0 radical (unpaired) electrons. The summed E-state index contributed by atoms with van der Waals surface area (Å²) in [5.41, 5.74) is 1.50. The summed E-state index contributed by atoms with van der Waals surface area (Å²) in [4.78, 5) is 14.3. The Hall–Kier alpha value is -2.35. The summed E-state index contributed by atoms with van der Waals surface area (Å²) in [6, 6.07) is 11.5. The number of hydrogen-bond acceptors (Lipinski definition) is 4. The van der Waals surface area contributed by atoms with Gasteiger partial charge in [-0.1, -0.05) is 18.2 Å².